The highest BCUT2D eigenvalue weighted by Crippen LogP contribution is 2.21. The number of rotatable bonds is 5. The number of hydrogen-bond donors (Lipinski definition) is 3. The van der Waals surface area contributed by atoms with Gasteiger partial charge in [0.25, 0.3) is 11.1 Å². The Hall–Kier alpha value is -2.75. The molecule has 1 atom stereocenters. The predicted molar refractivity (Wildman–Crippen MR) is 120 cm³/mol. The molecule has 4 amide bonds. The molecule has 1 fully saturated rings. The quantitative estimate of drug-likeness (QED) is 0.594. The standard InChI is InChI=1S/C21H30N4O5S/c1-5-14-9-6-7-10-15(14)22-17(26)13-31-19(28)24-23-18(27)16-11-8-12-25(16)20(29)30-21(2,3)4/h6-7,9-10,16H,5,8,11-13H2,1-4H3,(H,22,26)(H,23,27)(H,24,28)/t16-/m1/s1. The zero-order chi connectivity index (χ0) is 23.0. The van der Waals surface area contributed by atoms with E-state index in [1.165, 1.54) is 4.90 Å². The van der Waals surface area contributed by atoms with Crippen molar-refractivity contribution in [2.75, 3.05) is 17.6 Å². The van der Waals surface area contributed by atoms with E-state index in [0.717, 1.165) is 23.7 Å². The van der Waals surface area contributed by atoms with Crippen LogP contribution in [0.2, 0.25) is 0 Å². The Morgan fingerprint density at radius 3 is 2.55 bits per heavy atom. The fraction of sp³-hybridized carbons (Fsp3) is 0.524. The Balaban J connectivity index is 1.77. The third-order valence-corrected chi connectivity index (χ3v) is 5.25. The number of hydrogen-bond acceptors (Lipinski definition) is 6. The number of amides is 4. The molecule has 0 saturated carbocycles. The van der Waals surface area contributed by atoms with Gasteiger partial charge in [0.15, 0.2) is 0 Å². The summed E-state index contributed by atoms with van der Waals surface area (Å²) >= 11 is 0.735. The minimum Gasteiger partial charge on any atom is -0.444 e. The van der Waals surface area contributed by atoms with E-state index in [0.29, 0.717) is 25.1 Å². The molecule has 10 heteroatoms. The summed E-state index contributed by atoms with van der Waals surface area (Å²) in [6, 6.07) is 6.74. The zero-order valence-corrected chi connectivity index (χ0v) is 19.1. The molecule has 1 aliphatic heterocycles. The van der Waals surface area contributed by atoms with Crippen LogP contribution in [0.25, 0.3) is 0 Å². The molecule has 0 radical (unpaired) electrons. The van der Waals surface area contributed by atoms with Crippen molar-refractivity contribution in [1.82, 2.24) is 15.8 Å². The van der Waals surface area contributed by atoms with Gasteiger partial charge in [-0.1, -0.05) is 36.9 Å². The molecule has 0 aliphatic carbocycles. The number of nitrogens with zero attached hydrogens (tertiary/aromatic N) is 1. The van der Waals surface area contributed by atoms with Crippen molar-refractivity contribution in [3.63, 3.8) is 0 Å². The van der Waals surface area contributed by atoms with Gasteiger partial charge in [0.1, 0.15) is 11.6 Å². The molecule has 9 nitrogen and oxygen atoms in total. The summed E-state index contributed by atoms with van der Waals surface area (Å²) in [6.45, 7) is 7.67. The third kappa shape index (κ3) is 7.78. The Bertz CT molecular complexity index is 824. The number of ether oxygens (including phenoxy) is 1. The Labute approximate surface area is 186 Å². The van der Waals surface area contributed by atoms with Crippen LogP contribution in [0.1, 0.15) is 46.1 Å². The van der Waals surface area contributed by atoms with Gasteiger partial charge in [-0.25, -0.2) is 4.79 Å². The van der Waals surface area contributed by atoms with Gasteiger partial charge in [0.2, 0.25) is 5.91 Å². The van der Waals surface area contributed by atoms with Crippen LogP contribution >= 0.6 is 11.8 Å². The number of likely N-dealkylation sites (tertiary alicyclic amines) is 1. The van der Waals surface area contributed by atoms with E-state index >= 15 is 0 Å². The van der Waals surface area contributed by atoms with Crippen molar-refractivity contribution in [3.8, 4) is 0 Å². The molecule has 1 heterocycles. The maximum atomic E-state index is 12.4. The monoisotopic (exact) mass is 450 g/mol. The number of carbonyl (C=O) groups is 4. The molecule has 0 unspecified atom stereocenters. The summed E-state index contributed by atoms with van der Waals surface area (Å²) in [5.41, 5.74) is 5.65. The first kappa shape index (κ1) is 24.5. The molecule has 3 N–H and O–H groups in total. The first-order valence-corrected chi connectivity index (χ1v) is 11.2. The average Bonchev–Trinajstić information content (AvgIpc) is 3.20. The molecule has 170 valence electrons. The van der Waals surface area contributed by atoms with Crippen LogP contribution in [0.4, 0.5) is 15.3 Å². The average molecular weight is 451 g/mol. The second-order valence-corrected chi connectivity index (χ2v) is 9.03. The van der Waals surface area contributed by atoms with Crippen molar-refractivity contribution in [1.29, 1.82) is 0 Å². The molecule has 0 aromatic heterocycles. The van der Waals surface area contributed by atoms with Crippen LogP contribution in [0.3, 0.4) is 0 Å². The van der Waals surface area contributed by atoms with Crippen molar-refractivity contribution in [2.24, 2.45) is 0 Å². The summed E-state index contributed by atoms with van der Waals surface area (Å²) in [6.07, 6.45) is 1.36. The minimum atomic E-state index is -0.714. The van der Waals surface area contributed by atoms with Crippen LogP contribution in [0, 0.1) is 0 Å². The van der Waals surface area contributed by atoms with Crippen LogP contribution in [0.15, 0.2) is 24.3 Å². The normalized spacial score (nSPS) is 15.9. The van der Waals surface area contributed by atoms with Gasteiger partial charge in [-0.15, -0.1) is 0 Å². The SMILES string of the molecule is CCc1ccccc1NC(=O)CSC(=O)NNC(=O)[C@H]1CCCN1C(=O)OC(C)(C)C. The van der Waals surface area contributed by atoms with Gasteiger partial charge in [0, 0.05) is 12.2 Å². The number of anilines is 1. The predicted octanol–water partition coefficient (Wildman–Crippen LogP) is 3.06. The summed E-state index contributed by atoms with van der Waals surface area (Å²) in [4.78, 5) is 50.2. The van der Waals surface area contributed by atoms with Gasteiger partial charge >= 0.3 is 6.09 Å². The van der Waals surface area contributed by atoms with Gasteiger partial charge in [-0.05, 0) is 51.7 Å². The summed E-state index contributed by atoms with van der Waals surface area (Å²) in [5.74, 6) is -0.925. The maximum Gasteiger partial charge on any atom is 0.410 e. The van der Waals surface area contributed by atoms with E-state index in [-0.39, 0.29) is 11.7 Å². The fourth-order valence-corrected chi connectivity index (χ4v) is 3.54. The Morgan fingerprint density at radius 1 is 1.16 bits per heavy atom. The lowest BCUT2D eigenvalue weighted by Crippen LogP contribution is -2.51. The summed E-state index contributed by atoms with van der Waals surface area (Å²) in [5, 5.41) is 2.20. The van der Waals surface area contributed by atoms with Crippen LogP contribution in [-0.2, 0) is 20.7 Å². The molecular weight excluding hydrogens is 420 g/mol. The van der Waals surface area contributed by atoms with E-state index in [1.54, 1.807) is 26.8 Å². The van der Waals surface area contributed by atoms with E-state index < -0.39 is 28.9 Å². The van der Waals surface area contributed by atoms with E-state index in [4.69, 9.17) is 4.74 Å². The lowest BCUT2D eigenvalue weighted by Gasteiger charge is -2.27. The first-order valence-electron chi connectivity index (χ1n) is 10.2. The molecule has 1 saturated heterocycles. The second-order valence-electron chi connectivity index (χ2n) is 8.08. The molecule has 0 spiro atoms. The third-order valence-electron chi connectivity index (χ3n) is 4.48. The largest absolute Gasteiger partial charge is 0.444 e. The molecule has 2 rings (SSSR count). The Morgan fingerprint density at radius 2 is 1.87 bits per heavy atom. The number of thioether (sulfide) groups is 1. The topological polar surface area (TPSA) is 117 Å². The van der Waals surface area contributed by atoms with Crippen LogP contribution in [-0.4, -0.2) is 52.0 Å². The molecule has 0 bridgehead atoms. The smallest absolute Gasteiger partial charge is 0.410 e. The number of nitrogens with one attached hydrogen (secondary N) is 3. The highest BCUT2D eigenvalue weighted by atomic mass is 32.2. The zero-order valence-electron chi connectivity index (χ0n) is 18.3. The minimum absolute atomic E-state index is 0.104. The Kier molecular flexibility index (Phi) is 8.73. The molecule has 1 aromatic rings. The number of aryl methyl sites for hydroxylation is 1. The first-order chi connectivity index (χ1) is 14.6. The second kappa shape index (κ2) is 11.0. The lowest BCUT2D eigenvalue weighted by atomic mass is 10.1. The molecule has 1 aromatic carbocycles. The molecule has 1 aliphatic rings. The summed E-state index contributed by atoms with van der Waals surface area (Å²) in [7, 11) is 0. The van der Waals surface area contributed by atoms with E-state index in [1.807, 2.05) is 25.1 Å². The van der Waals surface area contributed by atoms with Crippen molar-refractivity contribution < 1.29 is 23.9 Å². The van der Waals surface area contributed by atoms with Gasteiger partial charge < -0.3 is 10.1 Å². The van der Waals surface area contributed by atoms with Gasteiger partial charge in [0.05, 0.1) is 5.75 Å². The van der Waals surface area contributed by atoms with Crippen LogP contribution < -0.4 is 16.2 Å². The van der Waals surface area contributed by atoms with Crippen LogP contribution in [0.5, 0.6) is 0 Å². The van der Waals surface area contributed by atoms with Gasteiger partial charge in [-0.2, -0.15) is 0 Å². The molecular formula is C21H30N4O5S. The van der Waals surface area contributed by atoms with Crippen molar-refractivity contribution in [2.45, 2.75) is 58.6 Å². The maximum absolute atomic E-state index is 12.4. The fourth-order valence-electron chi connectivity index (χ4n) is 3.08. The van der Waals surface area contributed by atoms with Gasteiger partial charge in [-0.3, -0.25) is 30.1 Å². The lowest BCUT2D eigenvalue weighted by molar-refractivity contribution is -0.126. The number of para-hydroxylation sites is 1. The van der Waals surface area contributed by atoms with Crippen molar-refractivity contribution in [3.05, 3.63) is 29.8 Å². The number of carbonyl (C=O) groups excluding carboxylic acids is 4. The number of hydrazine groups is 1. The van der Waals surface area contributed by atoms with E-state index in [9.17, 15) is 19.2 Å². The van der Waals surface area contributed by atoms with E-state index in [2.05, 4.69) is 16.2 Å². The highest BCUT2D eigenvalue weighted by Gasteiger charge is 2.36. The number of benzene rings is 1. The van der Waals surface area contributed by atoms with Crippen molar-refractivity contribution >= 4 is 40.6 Å². The summed E-state index contributed by atoms with van der Waals surface area (Å²) < 4.78 is 5.33. The highest BCUT2D eigenvalue weighted by molar-refractivity contribution is 8.14. The molecule has 31 heavy (non-hydrogen) atoms.